The minimum absolute atomic E-state index is 0.0822. The second kappa shape index (κ2) is 5.82. The number of ether oxygens (including phenoxy) is 3. The molecule has 2 aliphatic carbocycles. The summed E-state index contributed by atoms with van der Waals surface area (Å²) >= 11 is 0. The molecule has 4 atom stereocenters. The third kappa shape index (κ3) is 3.02. The van der Waals surface area contributed by atoms with E-state index in [1.165, 1.54) is 77.0 Å². The molecule has 0 aromatic heterocycles. The average Bonchev–Trinajstić information content (AvgIpc) is 3.34. The standard InChI is InChI=1S/C18H30O3/c1-3-7-11-17(13-19-17)15(9-5-1)21-16-10-6-2-4-8-12-18(16)14-20-18/h15-16H,1-14H2. The molecule has 4 fully saturated rings. The van der Waals surface area contributed by atoms with Crippen LogP contribution in [0.15, 0.2) is 0 Å². The van der Waals surface area contributed by atoms with Gasteiger partial charge in [0.2, 0.25) is 0 Å². The molecule has 0 radical (unpaired) electrons. The summed E-state index contributed by atoms with van der Waals surface area (Å²) in [6, 6.07) is 0. The van der Waals surface area contributed by atoms with Crippen molar-refractivity contribution in [2.24, 2.45) is 0 Å². The first kappa shape index (κ1) is 14.5. The Morgan fingerprint density at radius 3 is 1.48 bits per heavy atom. The predicted molar refractivity (Wildman–Crippen MR) is 81.4 cm³/mol. The van der Waals surface area contributed by atoms with Gasteiger partial charge in [-0.05, 0) is 25.7 Å². The molecule has 2 heterocycles. The summed E-state index contributed by atoms with van der Waals surface area (Å²) in [7, 11) is 0. The van der Waals surface area contributed by atoms with Crippen LogP contribution in [0.2, 0.25) is 0 Å². The number of epoxide rings is 2. The third-order valence-corrected chi connectivity index (χ3v) is 6.16. The molecule has 3 heteroatoms. The molecule has 2 spiro atoms. The van der Waals surface area contributed by atoms with E-state index in [-0.39, 0.29) is 11.2 Å². The molecule has 0 N–H and O–H groups in total. The molecule has 4 rings (SSSR count). The van der Waals surface area contributed by atoms with Crippen molar-refractivity contribution in [1.29, 1.82) is 0 Å². The normalized spacial score (nSPS) is 47.4. The lowest BCUT2D eigenvalue weighted by molar-refractivity contribution is -0.0990. The highest BCUT2D eigenvalue weighted by Gasteiger charge is 2.57. The van der Waals surface area contributed by atoms with Crippen LogP contribution in [0.5, 0.6) is 0 Å². The van der Waals surface area contributed by atoms with E-state index in [0.717, 1.165) is 13.2 Å². The lowest BCUT2D eigenvalue weighted by Gasteiger charge is -2.34. The van der Waals surface area contributed by atoms with E-state index >= 15 is 0 Å². The van der Waals surface area contributed by atoms with Gasteiger partial charge >= 0.3 is 0 Å². The summed E-state index contributed by atoms with van der Waals surface area (Å²) in [5, 5.41) is 0. The first-order chi connectivity index (χ1) is 10.3. The van der Waals surface area contributed by atoms with E-state index in [1.807, 2.05) is 0 Å². The van der Waals surface area contributed by atoms with Gasteiger partial charge in [0.1, 0.15) is 11.2 Å². The van der Waals surface area contributed by atoms with Crippen LogP contribution in [0.4, 0.5) is 0 Å². The van der Waals surface area contributed by atoms with Crippen molar-refractivity contribution in [3.05, 3.63) is 0 Å². The zero-order chi connectivity index (χ0) is 14.2. The van der Waals surface area contributed by atoms with Crippen LogP contribution in [-0.4, -0.2) is 36.6 Å². The second-order valence-electron chi connectivity index (χ2n) is 7.73. The Hall–Kier alpha value is -0.120. The lowest BCUT2D eigenvalue weighted by atomic mass is 9.86. The van der Waals surface area contributed by atoms with Crippen molar-refractivity contribution >= 4 is 0 Å². The van der Waals surface area contributed by atoms with Crippen LogP contribution >= 0.6 is 0 Å². The predicted octanol–water partition coefficient (Wildman–Crippen LogP) is 3.99. The van der Waals surface area contributed by atoms with E-state index in [9.17, 15) is 0 Å². The van der Waals surface area contributed by atoms with E-state index < -0.39 is 0 Å². The van der Waals surface area contributed by atoms with Crippen LogP contribution in [0.3, 0.4) is 0 Å². The molecule has 0 aromatic rings. The van der Waals surface area contributed by atoms with Crippen LogP contribution in [0.25, 0.3) is 0 Å². The zero-order valence-corrected chi connectivity index (χ0v) is 13.3. The van der Waals surface area contributed by atoms with Crippen LogP contribution in [0.1, 0.15) is 77.0 Å². The van der Waals surface area contributed by atoms with Gasteiger partial charge < -0.3 is 14.2 Å². The Bertz CT molecular complexity index is 325. The minimum Gasteiger partial charge on any atom is -0.369 e. The summed E-state index contributed by atoms with van der Waals surface area (Å²) < 4.78 is 18.5. The summed E-state index contributed by atoms with van der Waals surface area (Å²) in [6.45, 7) is 1.86. The van der Waals surface area contributed by atoms with Crippen molar-refractivity contribution in [1.82, 2.24) is 0 Å². The topological polar surface area (TPSA) is 34.3 Å². The molecule has 0 amide bonds. The Labute approximate surface area is 128 Å². The smallest absolute Gasteiger partial charge is 0.118 e. The van der Waals surface area contributed by atoms with Gasteiger partial charge in [-0.2, -0.15) is 0 Å². The molecule has 4 aliphatic rings. The SMILES string of the molecule is C1CCCC2(CO2)C(OC2CCCCCCC23CO3)CC1. The van der Waals surface area contributed by atoms with Gasteiger partial charge in [-0.1, -0.05) is 51.4 Å². The van der Waals surface area contributed by atoms with Crippen LogP contribution in [0, 0.1) is 0 Å². The molecule has 2 saturated carbocycles. The number of hydrogen-bond acceptors (Lipinski definition) is 3. The summed E-state index contributed by atoms with van der Waals surface area (Å²) in [4.78, 5) is 0. The molecule has 3 nitrogen and oxygen atoms in total. The Morgan fingerprint density at radius 1 is 0.619 bits per heavy atom. The maximum atomic E-state index is 6.71. The molecule has 0 aromatic carbocycles. The van der Waals surface area contributed by atoms with E-state index in [4.69, 9.17) is 14.2 Å². The minimum atomic E-state index is 0.0822. The Morgan fingerprint density at radius 2 is 1.05 bits per heavy atom. The highest BCUT2D eigenvalue weighted by molar-refractivity contribution is 5.04. The first-order valence-corrected chi connectivity index (χ1v) is 9.27. The van der Waals surface area contributed by atoms with Crippen molar-refractivity contribution in [2.75, 3.05) is 13.2 Å². The van der Waals surface area contributed by atoms with Gasteiger partial charge in [0.15, 0.2) is 0 Å². The average molecular weight is 294 g/mol. The number of hydrogen-bond donors (Lipinski definition) is 0. The first-order valence-electron chi connectivity index (χ1n) is 9.27. The van der Waals surface area contributed by atoms with E-state index in [1.54, 1.807) is 0 Å². The van der Waals surface area contributed by atoms with Crippen LogP contribution < -0.4 is 0 Å². The highest BCUT2D eigenvalue weighted by Crippen LogP contribution is 2.47. The molecule has 0 bridgehead atoms. The summed E-state index contributed by atoms with van der Waals surface area (Å²) in [5.41, 5.74) is 0.164. The van der Waals surface area contributed by atoms with Crippen molar-refractivity contribution < 1.29 is 14.2 Å². The van der Waals surface area contributed by atoms with E-state index in [2.05, 4.69) is 0 Å². The van der Waals surface area contributed by atoms with Gasteiger partial charge in [-0.3, -0.25) is 0 Å². The Kier molecular flexibility index (Phi) is 4.01. The van der Waals surface area contributed by atoms with Gasteiger partial charge in [0.05, 0.1) is 25.4 Å². The maximum Gasteiger partial charge on any atom is 0.118 e. The van der Waals surface area contributed by atoms with Crippen molar-refractivity contribution in [3.8, 4) is 0 Å². The fraction of sp³-hybridized carbons (Fsp3) is 1.00. The number of rotatable bonds is 2. The third-order valence-electron chi connectivity index (χ3n) is 6.16. The van der Waals surface area contributed by atoms with Gasteiger partial charge in [-0.25, -0.2) is 0 Å². The zero-order valence-electron chi connectivity index (χ0n) is 13.3. The van der Waals surface area contributed by atoms with Crippen LogP contribution in [-0.2, 0) is 14.2 Å². The molecule has 4 unspecified atom stereocenters. The fourth-order valence-corrected chi connectivity index (χ4v) is 4.49. The molecule has 120 valence electrons. The van der Waals surface area contributed by atoms with Gasteiger partial charge in [0.25, 0.3) is 0 Å². The van der Waals surface area contributed by atoms with E-state index in [0.29, 0.717) is 12.2 Å². The monoisotopic (exact) mass is 294 g/mol. The summed E-state index contributed by atoms with van der Waals surface area (Å²) in [6.07, 6.45) is 16.1. The Balaban J connectivity index is 1.44. The maximum absolute atomic E-state index is 6.71. The molecule has 2 aliphatic heterocycles. The molecule has 2 saturated heterocycles. The van der Waals surface area contributed by atoms with Gasteiger partial charge in [-0.15, -0.1) is 0 Å². The largest absolute Gasteiger partial charge is 0.369 e. The lowest BCUT2D eigenvalue weighted by Crippen LogP contribution is -2.43. The highest BCUT2D eigenvalue weighted by atomic mass is 16.7. The fourth-order valence-electron chi connectivity index (χ4n) is 4.49. The van der Waals surface area contributed by atoms with Crippen molar-refractivity contribution in [3.63, 3.8) is 0 Å². The van der Waals surface area contributed by atoms with Gasteiger partial charge in [0, 0.05) is 0 Å². The molecular formula is C18H30O3. The molecule has 21 heavy (non-hydrogen) atoms. The quantitative estimate of drug-likeness (QED) is 0.722. The van der Waals surface area contributed by atoms with Crippen molar-refractivity contribution in [2.45, 2.75) is 100 Å². The summed E-state index contributed by atoms with van der Waals surface area (Å²) in [5.74, 6) is 0. The second-order valence-corrected chi connectivity index (χ2v) is 7.73. The molecular weight excluding hydrogens is 264 g/mol.